The van der Waals surface area contributed by atoms with E-state index in [1.54, 1.807) is 38.3 Å². The lowest BCUT2D eigenvalue weighted by Crippen LogP contribution is -2.25. The van der Waals surface area contributed by atoms with E-state index in [1.165, 1.54) is 0 Å². The zero-order valence-electron chi connectivity index (χ0n) is 12.0. The van der Waals surface area contributed by atoms with E-state index in [2.05, 4.69) is 10.2 Å². The number of aryl methyl sites for hydroxylation is 1. The molecule has 0 saturated carbocycles. The van der Waals surface area contributed by atoms with Crippen LogP contribution in [0.25, 0.3) is 0 Å². The summed E-state index contributed by atoms with van der Waals surface area (Å²) in [5.74, 6) is 0.0363. The second kappa shape index (κ2) is 5.06. The topological polar surface area (TPSA) is 116 Å². The summed E-state index contributed by atoms with van der Waals surface area (Å²) in [5.41, 5.74) is 7.56. The first-order valence-electron chi connectivity index (χ1n) is 6.53. The third-order valence-electron chi connectivity index (χ3n) is 3.63. The molecule has 0 radical (unpaired) electrons. The van der Waals surface area contributed by atoms with Gasteiger partial charge in [-0.3, -0.25) is 15.2 Å². The van der Waals surface area contributed by atoms with Gasteiger partial charge in [0, 0.05) is 5.69 Å². The normalized spacial score (nSPS) is 16.9. The minimum absolute atomic E-state index is 0.192. The van der Waals surface area contributed by atoms with Gasteiger partial charge in [0.05, 0.1) is 17.6 Å². The van der Waals surface area contributed by atoms with Gasteiger partial charge in [0.2, 0.25) is 5.88 Å². The molecular weight excluding hydrogens is 288 g/mol. The van der Waals surface area contributed by atoms with Crippen LogP contribution >= 0.6 is 0 Å². The number of aromatic nitrogens is 2. The Hall–Kier alpha value is -3.03. The number of aromatic amines is 1. The molecular formula is C14H14N4O4. The van der Waals surface area contributed by atoms with Crippen LogP contribution in [0.5, 0.6) is 11.6 Å². The van der Waals surface area contributed by atoms with Gasteiger partial charge in [-0.2, -0.15) is 0 Å². The number of fused-ring (bicyclic) bond motifs is 1. The van der Waals surface area contributed by atoms with Crippen molar-refractivity contribution >= 4 is 0 Å². The summed E-state index contributed by atoms with van der Waals surface area (Å²) < 4.78 is 10.4. The van der Waals surface area contributed by atoms with Crippen LogP contribution in [0.2, 0.25) is 0 Å². The highest BCUT2D eigenvalue weighted by molar-refractivity contribution is 5.49. The van der Waals surface area contributed by atoms with E-state index in [9.17, 15) is 10.1 Å². The summed E-state index contributed by atoms with van der Waals surface area (Å²) in [5, 5.41) is 18.2. The second-order valence-electron chi connectivity index (χ2n) is 4.88. The van der Waals surface area contributed by atoms with Crippen molar-refractivity contribution in [3.8, 4) is 11.6 Å². The predicted octanol–water partition coefficient (Wildman–Crippen LogP) is 1.66. The Morgan fingerprint density at radius 2 is 2.09 bits per heavy atom. The molecule has 0 bridgehead atoms. The van der Waals surface area contributed by atoms with E-state index in [-0.39, 0.29) is 17.5 Å². The standard InChI is InChI=1S/C14H14N4O4/c1-7-10-11(8-3-5-9(21-2)6-4-8)12(18(19)20)13(15)22-14(10)17-16-7/h3-6,11H,15H2,1-2H3,(H,16,17)/t11-/m0/s1. The molecule has 2 aromatic rings. The number of ether oxygens (including phenoxy) is 2. The highest BCUT2D eigenvalue weighted by Gasteiger charge is 2.41. The highest BCUT2D eigenvalue weighted by atomic mass is 16.6. The molecule has 0 aliphatic carbocycles. The molecule has 3 rings (SSSR count). The molecule has 0 saturated heterocycles. The van der Waals surface area contributed by atoms with Crippen LogP contribution in [0, 0.1) is 17.0 Å². The molecule has 0 fully saturated rings. The number of rotatable bonds is 3. The lowest BCUT2D eigenvalue weighted by atomic mass is 9.87. The average Bonchev–Trinajstić information content (AvgIpc) is 2.86. The van der Waals surface area contributed by atoms with Crippen molar-refractivity contribution in [1.29, 1.82) is 0 Å². The number of nitrogens with two attached hydrogens (primary N) is 1. The third kappa shape index (κ3) is 2.05. The van der Waals surface area contributed by atoms with Gasteiger partial charge in [0.15, 0.2) is 0 Å². The Morgan fingerprint density at radius 3 is 2.68 bits per heavy atom. The van der Waals surface area contributed by atoms with Crippen LogP contribution in [0.15, 0.2) is 35.8 Å². The molecule has 1 atom stereocenters. The van der Waals surface area contributed by atoms with E-state index in [1.807, 2.05) is 0 Å². The van der Waals surface area contributed by atoms with Crippen molar-refractivity contribution in [2.75, 3.05) is 7.11 Å². The van der Waals surface area contributed by atoms with Crippen LogP contribution in [0.3, 0.4) is 0 Å². The summed E-state index contributed by atoms with van der Waals surface area (Å²) in [6.45, 7) is 1.78. The lowest BCUT2D eigenvalue weighted by Gasteiger charge is -2.21. The SMILES string of the molecule is COc1ccc([C@@H]2C([N+](=O)[O-])=C(N)Oc3n[nH]c(C)c32)cc1. The number of allylic oxidation sites excluding steroid dienone is 1. The highest BCUT2D eigenvalue weighted by Crippen LogP contribution is 2.43. The first-order chi connectivity index (χ1) is 10.5. The van der Waals surface area contributed by atoms with Gasteiger partial charge < -0.3 is 15.2 Å². The van der Waals surface area contributed by atoms with Crippen molar-refractivity contribution in [3.63, 3.8) is 0 Å². The summed E-state index contributed by atoms with van der Waals surface area (Å²) in [6.07, 6.45) is 0. The van der Waals surface area contributed by atoms with E-state index >= 15 is 0 Å². The predicted molar refractivity (Wildman–Crippen MR) is 77.0 cm³/mol. The van der Waals surface area contributed by atoms with Gasteiger partial charge in [0.25, 0.3) is 5.88 Å². The maximum atomic E-state index is 11.4. The average molecular weight is 302 g/mol. The molecule has 1 aromatic heterocycles. The molecule has 22 heavy (non-hydrogen) atoms. The van der Waals surface area contributed by atoms with Crippen LogP contribution < -0.4 is 15.2 Å². The van der Waals surface area contributed by atoms with Gasteiger partial charge >= 0.3 is 5.70 Å². The number of benzene rings is 1. The number of nitrogens with one attached hydrogen (secondary N) is 1. The fourth-order valence-corrected chi connectivity index (χ4v) is 2.58. The Labute approximate surface area is 125 Å². The van der Waals surface area contributed by atoms with Gasteiger partial charge in [-0.15, -0.1) is 5.10 Å². The Kier molecular flexibility index (Phi) is 3.21. The largest absolute Gasteiger partial charge is 0.497 e. The van der Waals surface area contributed by atoms with E-state index in [0.29, 0.717) is 22.6 Å². The molecule has 114 valence electrons. The van der Waals surface area contributed by atoms with Crippen LogP contribution in [-0.4, -0.2) is 22.2 Å². The minimum Gasteiger partial charge on any atom is -0.497 e. The number of methoxy groups -OCH3 is 1. The molecule has 2 heterocycles. The molecule has 8 nitrogen and oxygen atoms in total. The van der Waals surface area contributed by atoms with E-state index in [4.69, 9.17) is 15.2 Å². The van der Waals surface area contributed by atoms with Gasteiger partial charge in [-0.1, -0.05) is 12.1 Å². The fraction of sp³-hybridized carbons (Fsp3) is 0.214. The van der Waals surface area contributed by atoms with E-state index < -0.39 is 10.8 Å². The smallest absolute Gasteiger partial charge is 0.317 e. The lowest BCUT2D eigenvalue weighted by molar-refractivity contribution is -0.432. The van der Waals surface area contributed by atoms with Crippen molar-refractivity contribution < 1.29 is 14.4 Å². The molecule has 3 N–H and O–H groups in total. The van der Waals surface area contributed by atoms with Crippen LogP contribution in [0.1, 0.15) is 22.7 Å². The number of hydrogen-bond acceptors (Lipinski definition) is 6. The number of nitro groups is 1. The first kappa shape index (κ1) is 13.9. The van der Waals surface area contributed by atoms with Crippen LogP contribution in [-0.2, 0) is 0 Å². The van der Waals surface area contributed by atoms with E-state index in [0.717, 1.165) is 0 Å². The molecule has 1 aromatic carbocycles. The van der Waals surface area contributed by atoms with Gasteiger partial charge in [0.1, 0.15) is 11.7 Å². The molecule has 0 spiro atoms. The van der Waals surface area contributed by atoms with Crippen molar-refractivity contribution in [2.45, 2.75) is 12.8 Å². The summed E-state index contributed by atoms with van der Waals surface area (Å²) in [7, 11) is 1.56. The quantitative estimate of drug-likeness (QED) is 0.658. The van der Waals surface area contributed by atoms with Gasteiger partial charge in [-0.25, -0.2) is 0 Å². The molecule has 0 amide bonds. The second-order valence-corrected chi connectivity index (χ2v) is 4.88. The Balaban J connectivity index is 2.19. The molecule has 0 unspecified atom stereocenters. The maximum absolute atomic E-state index is 11.4. The number of hydrogen-bond donors (Lipinski definition) is 2. The zero-order chi connectivity index (χ0) is 15.9. The Bertz CT molecular complexity index is 764. The minimum atomic E-state index is -0.650. The zero-order valence-corrected chi connectivity index (χ0v) is 12.0. The monoisotopic (exact) mass is 302 g/mol. The number of nitrogens with zero attached hydrogens (tertiary/aromatic N) is 2. The molecule has 1 aliphatic rings. The fourth-order valence-electron chi connectivity index (χ4n) is 2.58. The van der Waals surface area contributed by atoms with Crippen molar-refractivity contribution in [3.05, 3.63) is 62.8 Å². The third-order valence-corrected chi connectivity index (χ3v) is 3.63. The maximum Gasteiger partial charge on any atom is 0.317 e. The summed E-state index contributed by atoms with van der Waals surface area (Å²) in [6, 6.07) is 7.02. The summed E-state index contributed by atoms with van der Waals surface area (Å²) in [4.78, 5) is 10.9. The Morgan fingerprint density at radius 1 is 1.41 bits per heavy atom. The molecule has 1 aliphatic heterocycles. The first-order valence-corrected chi connectivity index (χ1v) is 6.53. The summed E-state index contributed by atoms with van der Waals surface area (Å²) >= 11 is 0. The molecule has 8 heteroatoms. The van der Waals surface area contributed by atoms with Crippen molar-refractivity contribution in [1.82, 2.24) is 10.2 Å². The van der Waals surface area contributed by atoms with Crippen molar-refractivity contribution in [2.24, 2.45) is 5.73 Å². The number of H-pyrrole nitrogens is 1. The van der Waals surface area contributed by atoms with Crippen LogP contribution in [0.4, 0.5) is 0 Å². The van der Waals surface area contributed by atoms with Gasteiger partial charge in [-0.05, 0) is 24.6 Å².